The average molecular weight is 343 g/mol. The Morgan fingerprint density at radius 1 is 1.08 bits per heavy atom. The molecule has 0 amide bonds. The summed E-state index contributed by atoms with van der Waals surface area (Å²) in [5.41, 5.74) is 2.73. The molecular formula is C18H17NO4S. The van der Waals surface area contributed by atoms with Crippen LogP contribution in [-0.4, -0.2) is 30.3 Å². The monoisotopic (exact) mass is 343 g/mol. The molecule has 0 fully saturated rings. The number of hydrogen-bond donors (Lipinski definition) is 1. The zero-order chi connectivity index (χ0) is 17.2. The van der Waals surface area contributed by atoms with Gasteiger partial charge in [0.25, 0.3) is 0 Å². The number of carboxylic acid groups (broad SMARTS) is 1. The Balaban J connectivity index is 1.82. The van der Waals surface area contributed by atoms with Crippen molar-refractivity contribution in [1.82, 2.24) is 4.31 Å². The van der Waals surface area contributed by atoms with E-state index in [4.69, 9.17) is 5.11 Å². The van der Waals surface area contributed by atoms with Crippen LogP contribution >= 0.6 is 0 Å². The zero-order valence-corrected chi connectivity index (χ0v) is 13.7. The lowest BCUT2D eigenvalue weighted by Crippen LogP contribution is -2.34. The lowest BCUT2D eigenvalue weighted by Gasteiger charge is -2.27. The molecule has 0 bridgehead atoms. The molecule has 1 aliphatic rings. The molecular weight excluding hydrogens is 326 g/mol. The molecule has 0 aromatic heterocycles. The van der Waals surface area contributed by atoms with Gasteiger partial charge in [-0.15, -0.1) is 0 Å². The Kier molecular flexibility index (Phi) is 4.51. The summed E-state index contributed by atoms with van der Waals surface area (Å²) in [4.78, 5) is 11.1. The van der Waals surface area contributed by atoms with Crippen LogP contribution in [0.15, 0.2) is 53.9 Å². The first kappa shape index (κ1) is 16.4. The summed E-state index contributed by atoms with van der Waals surface area (Å²) in [5.74, 6) is -1.01. The van der Waals surface area contributed by atoms with E-state index in [2.05, 4.69) is 0 Å². The first-order chi connectivity index (χ1) is 11.5. The van der Waals surface area contributed by atoms with Crippen LogP contribution in [0.4, 0.5) is 0 Å². The van der Waals surface area contributed by atoms with Crippen LogP contribution in [0.2, 0.25) is 0 Å². The molecule has 0 atom stereocenters. The van der Waals surface area contributed by atoms with Crippen molar-refractivity contribution in [2.75, 3.05) is 6.54 Å². The van der Waals surface area contributed by atoms with E-state index in [1.807, 2.05) is 30.3 Å². The van der Waals surface area contributed by atoms with Crippen molar-refractivity contribution in [2.24, 2.45) is 0 Å². The van der Waals surface area contributed by atoms with Crippen LogP contribution in [-0.2, 0) is 23.0 Å². The maximum atomic E-state index is 12.5. The standard InChI is InChI=1S/C18H17NO4S/c20-18(21)16-7-6-15-8-10-19(13-17(15)12-16)24(22,23)11-9-14-4-2-1-3-5-14/h1-7,9,11-12H,8,10,13H2,(H,20,21). The van der Waals surface area contributed by atoms with Crippen LogP contribution in [0.25, 0.3) is 6.08 Å². The summed E-state index contributed by atoms with van der Waals surface area (Å²) in [6, 6.07) is 14.1. The van der Waals surface area contributed by atoms with Gasteiger partial charge in [-0.2, -0.15) is 4.31 Å². The fourth-order valence-electron chi connectivity index (χ4n) is 2.70. The van der Waals surface area contributed by atoms with E-state index >= 15 is 0 Å². The lowest BCUT2D eigenvalue weighted by atomic mass is 9.99. The van der Waals surface area contributed by atoms with Crippen LogP contribution in [0.5, 0.6) is 0 Å². The van der Waals surface area contributed by atoms with E-state index in [-0.39, 0.29) is 12.1 Å². The highest BCUT2D eigenvalue weighted by Crippen LogP contribution is 2.23. The number of carboxylic acids is 1. The van der Waals surface area contributed by atoms with E-state index in [9.17, 15) is 13.2 Å². The fourth-order valence-corrected chi connectivity index (χ4v) is 3.86. The van der Waals surface area contributed by atoms with Gasteiger partial charge < -0.3 is 5.11 Å². The van der Waals surface area contributed by atoms with Crippen molar-refractivity contribution in [3.63, 3.8) is 0 Å². The average Bonchev–Trinajstić information content (AvgIpc) is 2.60. The predicted octanol–water partition coefficient (Wildman–Crippen LogP) is 2.74. The van der Waals surface area contributed by atoms with Gasteiger partial charge in [-0.25, -0.2) is 13.2 Å². The molecule has 0 aliphatic carbocycles. The second-order valence-electron chi connectivity index (χ2n) is 5.63. The number of aromatic carboxylic acids is 1. The fraction of sp³-hybridized carbons (Fsp3) is 0.167. The quantitative estimate of drug-likeness (QED) is 0.926. The normalized spacial score (nSPS) is 15.3. The molecule has 1 heterocycles. The van der Waals surface area contributed by atoms with Crippen molar-refractivity contribution >= 4 is 22.1 Å². The molecule has 3 rings (SSSR count). The first-order valence-corrected chi connectivity index (χ1v) is 9.04. The van der Waals surface area contributed by atoms with Gasteiger partial charge in [-0.05, 0) is 41.3 Å². The number of nitrogens with zero attached hydrogens (tertiary/aromatic N) is 1. The van der Waals surface area contributed by atoms with Crippen molar-refractivity contribution in [2.45, 2.75) is 13.0 Å². The number of sulfonamides is 1. The molecule has 1 N–H and O–H groups in total. The van der Waals surface area contributed by atoms with E-state index in [1.165, 1.54) is 9.71 Å². The minimum atomic E-state index is -3.55. The zero-order valence-electron chi connectivity index (χ0n) is 12.9. The van der Waals surface area contributed by atoms with Crippen molar-refractivity contribution in [1.29, 1.82) is 0 Å². The maximum Gasteiger partial charge on any atom is 0.335 e. The molecule has 0 unspecified atom stereocenters. The molecule has 0 spiro atoms. The Labute approximate surface area is 140 Å². The highest BCUT2D eigenvalue weighted by atomic mass is 32.2. The Bertz CT molecular complexity index is 888. The Morgan fingerprint density at radius 2 is 1.83 bits per heavy atom. The largest absolute Gasteiger partial charge is 0.478 e. The molecule has 0 radical (unpaired) electrons. The van der Waals surface area contributed by atoms with Gasteiger partial charge in [0.05, 0.1) is 5.56 Å². The van der Waals surface area contributed by atoms with Gasteiger partial charge in [0.1, 0.15) is 0 Å². The smallest absolute Gasteiger partial charge is 0.335 e. The van der Waals surface area contributed by atoms with Gasteiger partial charge in [0.15, 0.2) is 0 Å². The molecule has 24 heavy (non-hydrogen) atoms. The molecule has 124 valence electrons. The molecule has 0 saturated carbocycles. The van der Waals surface area contributed by atoms with Gasteiger partial charge in [-0.1, -0.05) is 36.4 Å². The van der Waals surface area contributed by atoms with E-state index in [1.54, 1.807) is 24.3 Å². The summed E-state index contributed by atoms with van der Waals surface area (Å²) >= 11 is 0. The summed E-state index contributed by atoms with van der Waals surface area (Å²) in [6.45, 7) is 0.582. The highest BCUT2D eigenvalue weighted by molar-refractivity contribution is 7.92. The second kappa shape index (κ2) is 6.59. The Morgan fingerprint density at radius 3 is 2.54 bits per heavy atom. The number of benzene rings is 2. The molecule has 2 aromatic carbocycles. The summed E-state index contributed by atoms with van der Waals surface area (Å²) in [6.07, 6.45) is 2.15. The van der Waals surface area contributed by atoms with Gasteiger partial charge in [-0.3, -0.25) is 0 Å². The maximum absolute atomic E-state index is 12.5. The van der Waals surface area contributed by atoms with E-state index in [0.29, 0.717) is 13.0 Å². The lowest BCUT2D eigenvalue weighted by molar-refractivity contribution is 0.0696. The number of fused-ring (bicyclic) bond motifs is 1. The van der Waals surface area contributed by atoms with Crippen LogP contribution in [0.1, 0.15) is 27.0 Å². The molecule has 5 nitrogen and oxygen atoms in total. The number of carbonyl (C=O) groups is 1. The SMILES string of the molecule is O=C(O)c1ccc2c(c1)CN(S(=O)(=O)C=Cc1ccccc1)CC2. The summed E-state index contributed by atoms with van der Waals surface area (Å²) < 4.78 is 26.4. The molecule has 0 saturated heterocycles. The van der Waals surface area contributed by atoms with Gasteiger partial charge in [0, 0.05) is 18.5 Å². The third kappa shape index (κ3) is 3.55. The van der Waals surface area contributed by atoms with Gasteiger partial charge in [0.2, 0.25) is 10.0 Å². The second-order valence-corrected chi connectivity index (χ2v) is 7.45. The third-order valence-electron chi connectivity index (χ3n) is 4.02. The van der Waals surface area contributed by atoms with Crippen LogP contribution in [0, 0.1) is 0 Å². The third-order valence-corrected chi connectivity index (χ3v) is 5.53. The highest BCUT2D eigenvalue weighted by Gasteiger charge is 2.25. The first-order valence-electron chi connectivity index (χ1n) is 7.54. The molecule has 2 aromatic rings. The van der Waals surface area contributed by atoms with Crippen LogP contribution in [0.3, 0.4) is 0 Å². The Hall–Kier alpha value is -2.44. The van der Waals surface area contributed by atoms with E-state index < -0.39 is 16.0 Å². The summed E-state index contributed by atoms with van der Waals surface area (Å²) in [5, 5.41) is 10.3. The molecule has 6 heteroatoms. The number of rotatable bonds is 4. The van der Waals surface area contributed by atoms with Crippen molar-refractivity contribution in [3.8, 4) is 0 Å². The minimum absolute atomic E-state index is 0.174. The van der Waals surface area contributed by atoms with E-state index in [0.717, 1.165) is 16.7 Å². The minimum Gasteiger partial charge on any atom is -0.478 e. The van der Waals surface area contributed by atoms with Crippen LogP contribution < -0.4 is 0 Å². The number of hydrogen-bond acceptors (Lipinski definition) is 3. The molecule has 1 aliphatic heterocycles. The summed E-state index contributed by atoms with van der Waals surface area (Å²) in [7, 11) is -3.55. The van der Waals surface area contributed by atoms with Crippen molar-refractivity contribution < 1.29 is 18.3 Å². The topological polar surface area (TPSA) is 74.7 Å². The van der Waals surface area contributed by atoms with Gasteiger partial charge >= 0.3 is 5.97 Å². The van der Waals surface area contributed by atoms with Crippen molar-refractivity contribution in [3.05, 3.63) is 76.2 Å². The predicted molar refractivity (Wildman–Crippen MR) is 91.9 cm³/mol.